The van der Waals surface area contributed by atoms with Gasteiger partial charge < -0.3 is 20.1 Å². The van der Waals surface area contributed by atoms with Crippen molar-refractivity contribution in [2.45, 2.75) is 213 Å². The molecule has 3 N–H and O–H groups in total. The Morgan fingerprint density at radius 3 is 1.44 bits per heavy atom. The van der Waals surface area contributed by atoms with E-state index in [9.17, 15) is 19.0 Å². The molecular formula is C45H84NO8P. The van der Waals surface area contributed by atoms with Gasteiger partial charge in [-0.05, 0) is 70.6 Å². The van der Waals surface area contributed by atoms with Crippen molar-refractivity contribution >= 4 is 19.8 Å². The number of ether oxygens (including phenoxy) is 2. The number of hydrogen-bond donors (Lipinski definition) is 2. The van der Waals surface area contributed by atoms with Gasteiger partial charge >= 0.3 is 19.8 Å². The molecule has 0 spiro atoms. The minimum atomic E-state index is -4.38. The molecule has 0 saturated heterocycles. The van der Waals surface area contributed by atoms with Crippen molar-refractivity contribution in [3.8, 4) is 0 Å². The topological polar surface area (TPSA) is 134 Å². The first kappa shape index (κ1) is 53.2. The van der Waals surface area contributed by atoms with Gasteiger partial charge in [-0.1, -0.05) is 159 Å². The molecule has 0 aromatic carbocycles. The summed E-state index contributed by atoms with van der Waals surface area (Å²) < 4.78 is 32.8. The summed E-state index contributed by atoms with van der Waals surface area (Å²) >= 11 is 0. The van der Waals surface area contributed by atoms with Gasteiger partial charge in [0.05, 0.1) is 13.2 Å². The van der Waals surface area contributed by atoms with Crippen LogP contribution >= 0.6 is 7.82 Å². The summed E-state index contributed by atoms with van der Waals surface area (Å²) in [5.41, 5.74) is 5.35. The third-order valence-corrected chi connectivity index (χ3v) is 10.5. The van der Waals surface area contributed by atoms with Crippen molar-refractivity contribution in [1.82, 2.24) is 0 Å². The lowest BCUT2D eigenvalue weighted by molar-refractivity contribution is -0.161. The molecule has 1 unspecified atom stereocenters. The minimum absolute atomic E-state index is 0.0506. The van der Waals surface area contributed by atoms with E-state index in [1.165, 1.54) is 116 Å². The molecule has 10 heteroatoms. The first-order chi connectivity index (χ1) is 26.8. The van der Waals surface area contributed by atoms with Crippen molar-refractivity contribution in [2.75, 3.05) is 26.4 Å². The average molecular weight is 798 g/mol. The van der Waals surface area contributed by atoms with Crippen LogP contribution in [0.4, 0.5) is 0 Å². The predicted molar refractivity (Wildman–Crippen MR) is 229 cm³/mol. The van der Waals surface area contributed by atoms with E-state index in [1.54, 1.807) is 0 Å². The Balaban J connectivity index is 4.13. The highest BCUT2D eigenvalue weighted by atomic mass is 31.2. The van der Waals surface area contributed by atoms with Gasteiger partial charge in [0, 0.05) is 19.4 Å². The third-order valence-electron chi connectivity index (χ3n) is 9.50. The van der Waals surface area contributed by atoms with E-state index in [4.69, 9.17) is 24.3 Å². The number of nitrogens with two attached hydrogens (primary N) is 1. The van der Waals surface area contributed by atoms with Crippen LogP contribution in [0.3, 0.4) is 0 Å². The number of carbonyl (C=O) groups excluding carboxylic acids is 2. The number of phosphoric ester groups is 1. The molecule has 322 valence electrons. The van der Waals surface area contributed by atoms with Gasteiger partial charge in [0.25, 0.3) is 0 Å². The van der Waals surface area contributed by atoms with Crippen molar-refractivity contribution in [1.29, 1.82) is 0 Å². The highest BCUT2D eigenvalue weighted by molar-refractivity contribution is 7.47. The number of allylic oxidation sites excluding steroid dienone is 6. The van der Waals surface area contributed by atoms with E-state index in [1.807, 2.05) is 0 Å². The zero-order valence-corrected chi connectivity index (χ0v) is 36.3. The van der Waals surface area contributed by atoms with Crippen molar-refractivity contribution in [2.24, 2.45) is 5.73 Å². The predicted octanol–water partition coefficient (Wildman–Crippen LogP) is 12.9. The summed E-state index contributed by atoms with van der Waals surface area (Å²) in [6, 6.07) is 0. The highest BCUT2D eigenvalue weighted by Gasteiger charge is 2.26. The lowest BCUT2D eigenvalue weighted by atomic mass is 10.1. The zero-order valence-electron chi connectivity index (χ0n) is 35.4. The van der Waals surface area contributed by atoms with Crippen LogP contribution in [0, 0.1) is 0 Å². The van der Waals surface area contributed by atoms with E-state index in [0.29, 0.717) is 6.42 Å². The Labute approximate surface area is 337 Å². The van der Waals surface area contributed by atoms with E-state index >= 15 is 0 Å². The maximum Gasteiger partial charge on any atom is 0.472 e. The van der Waals surface area contributed by atoms with Crippen LogP contribution < -0.4 is 5.73 Å². The highest BCUT2D eigenvalue weighted by Crippen LogP contribution is 2.43. The Hall–Kier alpha value is -1.77. The molecule has 0 fully saturated rings. The number of unbranched alkanes of at least 4 members (excludes halogenated alkanes) is 23. The normalized spacial score (nSPS) is 13.6. The largest absolute Gasteiger partial charge is 0.472 e. The molecule has 9 nitrogen and oxygen atoms in total. The second-order valence-electron chi connectivity index (χ2n) is 14.9. The average Bonchev–Trinajstić information content (AvgIpc) is 3.17. The minimum Gasteiger partial charge on any atom is -0.462 e. The third kappa shape index (κ3) is 41.7. The summed E-state index contributed by atoms with van der Waals surface area (Å²) in [7, 11) is -4.38. The molecule has 0 aliphatic carbocycles. The molecule has 0 aromatic heterocycles. The fourth-order valence-electron chi connectivity index (χ4n) is 6.13. The number of carbonyl (C=O) groups is 2. The Kier molecular flexibility index (Phi) is 40.5. The Morgan fingerprint density at radius 1 is 0.545 bits per heavy atom. The van der Waals surface area contributed by atoms with Gasteiger partial charge in [-0.25, -0.2) is 4.57 Å². The SMILES string of the molecule is CCCCCC=CCC=CCCCCCCCC(=O)O[C@H](COC(=O)CCCCCCCCCCCC=CCCCCCCCC)COP(=O)(O)OCCN. The van der Waals surface area contributed by atoms with Crippen molar-refractivity contribution in [3.05, 3.63) is 36.5 Å². The van der Waals surface area contributed by atoms with E-state index in [-0.39, 0.29) is 38.6 Å². The molecular weight excluding hydrogens is 713 g/mol. The molecule has 55 heavy (non-hydrogen) atoms. The zero-order chi connectivity index (χ0) is 40.3. The van der Waals surface area contributed by atoms with Crippen molar-refractivity contribution < 1.29 is 37.6 Å². The van der Waals surface area contributed by atoms with Crippen LogP contribution in [0.25, 0.3) is 0 Å². The Bertz CT molecular complexity index is 1000. The van der Waals surface area contributed by atoms with Gasteiger partial charge in [0.15, 0.2) is 6.10 Å². The second-order valence-corrected chi connectivity index (χ2v) is 16.4. The molecule has 0 rings (SSSR count). The summed E-state index contributed by atoms with van der Waals surface area (Å²) in [5.74, 6) is -0.844. The molecule has 0 amide bonds. The molecule has 0 bridgehead atoms. The number of phosphoric acid groups is 1. The van der Waals surface area contributed by atoms with Gasteiger partial charge in [-0.15, -0.1) is 0 Å². The van der Waals surface area contributed by atoms with E-state index < -0.39 is 26.5 Å². The van der Waals surface area contributed by atoms with Crippen LogP contribution in [0.2, 0.25) is 0 Å². The molecule has 0 aliphatic heterocycles. The van der Waals surface area contributed by atoms with Crippen LogP contribution in [-0.2, 0) is 32.7 Å². The maximum atomic E-state index is 12.6. The molecule has 0 heterocycles. The summed E-state index contributed by atoms with van der Waals surface area (Å²) in [6.45, 7) is 3.69. The standard InChI is InChI=1S/C45H84NO8P/c1-3-5-7-9-11-13-15-17-19-20-21-22-24-25-27-29-31-33-35-37-44(47)51-41-43(42-53-55(49,50)52-40-39-46)54-45(48)38-36-34-32-30-28-26-23-18-16-14-12-10-8-6-4-2/h12,14,17-19,23,43H,3-11,13,15-16,20-22,24-42,46H2,1-2H3,(H,49,50)/t43-/m1/s1. The second kappa shape index (κ2) is 41.9. The lowest BCUT2D eigenvalue weighted by Gasteiger charge is -2.19. The summed E-state index contributed by atoms with van der Waals surface area (Å²) in [6.07, 6.45) is 46.0. The Morgan fingerprint density at radius 2 is 0.945 bits per heavy atom. The molecule has 0 aliphatic rings. The van der Waals surface area contributed by atoms with E-state index in [2.05, 4.69) is 50.3 Å². The van der Waals surface area contributed by atoms with E-state index in [0.717, 1.165) is 57.8 Å². The van der Waals surface area contributed by atoms with Crippen LogP contribution in [-0.4, -0.2) is 49.3 Å². The van der Waals surface area contributed by atoms with Crippen LogP contribution in [0.1, 0.15) is 206 Å². The van der Waals surface area contributed by atoms with Crippen LogP contribution in [0.5, 0.6) is 0 Å². The van der Waals surface area contributed by atoms with Gasteiger partial charge in [-0.3, -0.25) is 18.6 Å². The van der Waals surface area contributed by atoms with Gasteiger partial charge in [0.1, 0.15) is 6.61 Å². The van der Waals surface area contributed by atoms with Crippen molar-refractivity contribution in [3.63, 3.8) is 0 Å². The fourth-order valence-corrected chi connectivity index (χ4v) is 6.89. The fraction of sp³-hybridized carbons (Fsp3) is 0.822. The van der Waals surface area contributed by atoms with Crippen LogP contribution in [0.15, 0.2) is 36.5 Å². The van der Waals surface area contributed by atoms with Gasteiger partial charge in [-0.2, -0.15) is 0 Å². The number of hydrogen-bond acceptors (Lipinski definition) is 8. The number of esters is 2. The van der Waals surface area contributed by atoms with Gasteiger partial charge in [0.2, 0.25) is 0 Å². The molecule has 0 saturated carbocycles. The smallest absolute Gasteiger partial charge is 0.462 e. The monoisotopic (exact) mass is 798 g/mol. The lowest BCUT2D eigenvalue weighted by Crippen LogP contribution is -2.29. The summed E-state index contributed by atoms with van der Waals surface area (Å²) in [4.78, 5) is 34.9. The molecule has 0 radical (unpaired) electrons. The maximum absolute atomic E-state index is 12.6. The first-order valence-corrected chi connectivity index (χ1v) is 24.0. The number of rotatable bonds is 42. The molecule has 0 aromatic rings. The molecule has 2 atom stereocenters. The quantitative estimate of drug-likeness (QED) is 0.0268. The first-order valence-electron chi connectivity index (χ1n) is 22.5. The summed E-state index contributed by atoms with van der Waals surface area (Å²) in [5, 5.41) is 0.